The van der Waals surface area contributed by atoms with Gasteiger partial charge in [0.1, 0.15) is 5.82 Å². The number of halogens is 2. The fourth-order valence-corrected chi connectivity index (χ4v) is 5.07. The lowest BCUT2D eigenvalue weighted by molar-refractivity contribution is 0.0253. The molecule has 0 fully saturated rings. The van der Waals surface area contributed by atoms with Gasteiger partial charge in [-0.3, -0.25) is 4.21 Å². The molecule has 0 saturated carbocycles. The largest absolute Gasteiger partial charge is 0.363 e. The van der Waals surface area contributed by atoms with Gasteiger partial charge in [0.05, 0.1) is 34.1 Å². The maximum atomic E-state index is 13.6. The van der Waals surface area contributed by atoms with Gasteiger partial charge < -0.3 is 16.0 Å². The Morgan fingerprint density at radius 3 is 2.93 bits per heavy atom. The first-order valence-electron chi connectivity index (χ1n) is 8.75. The highest BCUT2D eigenvalue weighted by atomic mass is 32.2. The van der Waals surface area contributed by atoms with E-state index in [2.05, 4.69) is 15.3 Å². The average Bonchev–Trinajstić information content (AvgIpc) is 3.11. The van der Waals surface area contributed by atoms with Crippen molar-refractivity contribution in [2.24, 2.45) is 5.73 Å². The summed E-state index contributed by atoms with van der Waals surface area (Å²) in [6.45, 7) is -0.314. The second kappa shape index (κ2) is 7.69. The maximum absolute atomic E-state index is 13.6. The van der Waals surface area contributed by atoms with Crippen LogP contribution in [0.1, 0.15) is 5.56 Å². The zero-order valence-corrected chi connectivity index (χ0v) is 16.5. The van der Waals surface area contributed by atoms with Gasteiger partial charge >= 0.3 is 0 Å². The topological polar surface area (TPSA) is 84.1 Å². The van der Waals surface area contributed by atoms with Crippen molar-refractivity contribution in [2.45, 2.75) is 17.4 Å². The van der Waals surface area contributed by atoms with Crippen LogP contribution in [0.3, 0.4) is 0 Å². The van der Waals surface area contributed by atoms with E-state index >= 15 is 0 Å². The van der Waals surface area contributed by atoms with Crippen molar-refractivity contribution in [1.29, 1.82) is 0 Å². The van der Waals surface area contributed by atoms with Crippen molar-refractivity contribution in [3.05, 3.63) is 41.3 Å². The molecule has 10 heteroatoms. The van der Waals surface area contributed by atoms with E-state index in [0.717, 1.165) is 15.2 Å². The summed E-state index contributed by atoms with van der Waals surface area (Å²) in [4.78, 5) is 11.9. The van der Waals surface area contributed by atoms with Gasteiger partial charge in [0.2, 0.25) is 5.95 Å². The number of rotatable bonds is 5. The number of nitrogens with two attached hydrogens (primary N) is 1. The first-order valence-corrected chi connectivity index (χ1v) is 10.9. The van der Waals surface area contributed by atoms with Crippen LogP contribution >= 0.6 is 11.3 Å². The van der Waals surface area contributed by atoms with Gasteiger partial charge in [-0.1, -0.05) is 18.2 Å². The second-order valence-corrected chi connectivity index (χ2v) is 8.95. The van der Waals surface area contributed by atoms with Gasteiger partial charge in [-0.15, -0.1) is 11.3 Å². The zero-order valence-electron chi connectivity index (χ0n) is 14.9. The lowest BCUT2D eigenvalue weighted by Crippen LogP contribution is -2.35. The van der Waals surface area contributed by atoms with Crippen molar-refractivity contribution in [3.8, 4) is 0 Å². The van der Waals surface area contributed by atoms with Crippen LogP contribution in [-0.2, 0) is 17.3 Å². The monoisotopic (exact) mass is 423 g/mol. The molecule has 3 aromatic rings. The fraction of sp³-hybridized carbons (Fsp3) is 0.333. The number of aromatic nitrogens is 2. The summed E-state index contributed by atoms with van der Waals surface area (Å²) in [5.74, 6) is -1.77. The average molecular weight is 424 g/mol. The van der Waals surface area contributed by atoms with Crippen molar-refractivity contribution in [3.63, 3.8) is 0 Å². The Morgan fingerprint density at radius 1 is 1.29 bits per heavy atom. The lowest BCUT2D eigenvalue weighted by Gasteiger charge is -2.22. The molecule has 148 valence electrons. The number of benzene rings is 1. The zero-order chi connectivity index (χ0) is 19.7. The molecule has 0 amide bonds. The number of fused-ring (bicyclic) bond motifs is 2. The summed E-state index contributed by atoms with van der Waals surface area (Å²) in [6.07, 6.45) is 0. The molecule has 4 rings (SSSR count). The van der Waals surface area contributed by atoms with Gasteiger partial charge in [-0.25, -0.2) is 13.8 Å². The highest BCUT2D eigenvalue weighted by Gasteiger charge is 2.27. The third-order valence-electron chi connectivity index (χ3n) is 4.51. The lowest BCUT2D eigenvalue weighted by atomic mass is 10.2. The quantitative estimate of drug-likeness (QED) is 0.657. The van der Waals surface area contributed by atoms with E-state index in [0.29, 0.717) is 36.1 Å². The van der Waals surface area contributed by atoms with E-state index in [1.165, 1.54) is 11.3 Å². The van der Waals surface area contributed by atoms with E-state index in [9.17, 15) is 13.0 Å². The normalized spacial score (nSPS) is 17.4. The van der Waals surface area contributed by atoms with Crippen LogP contribution in [0.15, 0.2) is 40.6 Å². The number of thiophene rings is 1. The Bertz CT molecular complexity index is 1030. The minimum atomic E-state index is -3.02. The highest BCUT2D eigenvalue weighted by Crippen LogP contribution is 2.30. The molecule has 6 nitrogen and oxygen atoms in total. The van der Waals surface area contributed by atoms with E-state index in [1.54, 1.807) is 0 Å². The molecule has 1 aliphatic heterocycles. The Labute approximate surface area is 167 Å². The minimum Gasteiger partial charge on any atom is -0.363 e. The molecule has 3 N–H and O–H groups in total. The predicted octanol–water partition coefficient (Wildman–Crippen LogP) is 2.83. The van der Waals surface area contributed by atoms with Crippen LogP contribution in [-0.4, -0.2) is 45.5 Å². The van der Waals surface area contributed by atoms with Crippen molar-refractivity contribution in [2.75, 3.05) is 35.6 Å². The van der Waals surface area contributed by atoms with Crippen LogP contribution in [0, 0.1) is 0 Å². The van der Waals surface area contributed by atoms with E-state index < -0.39 is 29.8 Å². The minimum absolute atomic E-state index is 0.363. The number of hydrogen-bond donors (Lipinski definition) is 2. The molecule has 3 heterocycles. The third kappa shape index (κ3) is 3.85. The summed E-state index contributed by atoms with van der Waals surface area (Å²) >= 11 is 1.39. The van der Waals surface area contributed by atoms with Gasteiger partial charge in [0.25, 0.3) is 5.92 Å². The molecule has 1 unspecified atom stereocenters. The molecule has 1 aromatic carbocycles. The smallest absolute Gasteiger partial charge is 0.276 e. The van der Waals surface area contributed by atoms with Crippen LogP contribution < -0.4 is 16.0 Å². The molecule has 1 atom stereocenters. The van der Waals surface area contributed by atoms with Crippen molar-refractivity contribution >= 4 is 44.1 Å². The predicted molar refractivity (Wildman–Crippen MR) is 109 cm³/mol. The van der Waals surface area contributed by atoms with Crippen molar-refractivity contribution < 1.29 is 13.0 Å². The van der Waals surface area contributed by atoms with Gasteiger partial charge in [-0.2, -0.15) is 4.98 Å². The van der Waals surface area contributed by atoms with Crippen LogP contribution in [0.5, 0.6) is 0 Å². The molecule has 2 aromatic heterocycles. The highest BCUT2D eigenvalue weighted by molar-refractivity contribution is 7.85. The molecule has 0 saturated heterocycles. The summed E-state index contributed by atoms with van der Waals surface area (Å²) in [7, 11) is -1.09. The Balaban J connectivity index is 1.68. The first kappa shape index (κ1) is 19.2. The Kier molecular flexibility index (Phi) is 5.26. The van der Waals surface area contributed by atoms with Crippen LogP contribution in [0.25, 0.3) is 10.2 Å². The summed E-state index contributed by atoms with van der Waals surface area (Å²) in [5.41, 5.74) is 6.77. The van der Waals surface area contributed by atoms with Crippen LogP contribution in [0.2, 0.25) is 0 Å². The fourth-order valence-electron chi connectivity index (χ4n) is 3.01. The summed E-state index contributed by atoms with van der Waals surface area (Å²) < 4.78 is 40.4. The number of nitrogens with zero attached hydrogens (tertiary/aromatic N) is 3. The molecular formula is C18H19F2N5OS2. The van der Waals surface area contributed by atoms with E-state index in [-0.39, 0.29) is 0 Å². The van der Waals surface area contributed by atoms with E-state index in [4.69, 9.17) is 5.73 Å². The second-order valence-electron chi connectivity index (χ2n) is 6.50. The number of anilines is 2. The Morgan fingerprint density at radius 2 is 2.11 bits per heavy atom. The van der Waals surface area contributed by atoms with Crippen LogP contribution in [0.4, 0.5) is 20.5 Å². The van der Waals surface area contributed by atoms with Gasteiger partial charge in [0, 0.05) is 23.7 Å². The Hall–Kier alpha value is -2.17. The maximum Gasteiger partial charge on any atom is 0.276 e. The molecule has 0 bridgehead atoms. The molecule has 0 aliphatic carbocycles. The molecule has 0 spiro atoms. The number of nitrogens with one attached hydrogen (secondary N) is 1. The molecule has 0 radical (unpaired) electrons. The van der Waals surface area contributed by atoms with Gasteiger partial charge in [0.15, 0.2) is 0 Å². The SMILES string of the molecule is NCC(F)(F)CNc1nc(N2CCS(=O)c3ccccc3C2)nc2ccsc12. The molecular weight excluding hydrogens is 404 g/mol. The number of alkyl halides is 2. The summed E-state index contributed by atoms with van der Waals surface area (Å²) in [6, 6.07) is 9.43. The number of hydrogen-bond acceptors (Lipinski definition) is 7. The standard InChI is InChI=1S/C18H19F2N5OS2/c19-18(20,10-21)11-22-16-15-13(5-7-27-15)23-17(24-16)25-6-8-28(26)14-4-2-1-3-12(14)9-25/h1-5,7H,6,8-11,21H2,(H,22,23,24). The van der Waals surface area contributed by atoms with Gasteiger partial charge in [-0.05, 0) is 23.1 Å². The third-order valence-corrected chi connectivity index (χ3v) is 6.87. The molecule has 28 heavy (non-hydrogen) atoms. The summed E-state index contributed by atoms with van der Waals surface area (Å²) in [5, 5.41) is 4.58. The van der Waals surface area contributed by atoms with E-state index in [1.807, 2.05) is 40.6 Å². The molecule has 1 aliphatic rings. The van der Waals surface area contributed by atoms with Crippen molar-refractivity contribution in [1.82, 2.24) is 9.97 Å². The first-order chi connectivity index (χ1) is 13.5.